The van der Waals surface area contributed by atoms with Gasteiger partial charge in [0.15, 0.2) is 5.69 Å². The Balaban J connectivity index is 3.52. The van der Waals surface area contributed by atoms with Crippen molar-refractivity contribution >= 4 is 11.9 Å². The van der Waals surface area contributed by atoms with Crippen molar-refractivity contribution in [3.8, 4) is 0 Å². The molecule has 0 aliphatic heterocycles. The molecule has 1 aromatic heterocycles. The molecule has 0 fully saturated rings. The van der Waals surface area contributed by atoms with E-state index in [0.717, 1.165) is 0 Å². The number of hydrogen-bond acceptors (Lipinski definition) is 4. The fourth-order valence-corrected chi connectivity index (χ4v) is 1.12. The van der Waals surface area contributed by atoms with Crippen LogP contribution in [-0.4, -0.2) is 32.1 Å². The third-order valence-corrected chi connectivity index (χ3v) is 1.62. The van der Waals surface area contributed by atoms with Crippen molar-refractivity contribution in [3.63, 3.8) is 0 Å². The van der Waals surface area contributed by atoms with Gasteiger partial charge in [0.25, 0.3) is 0 Å². The molecule has 0 radical (unpaired) electrons. The number of aryl methyl sites for hydroxylation is 2. The molecule has 6 heteroatoms. The van der Waals surface area contributed by atoms with Gasteiger partial charge in [0.2, 0.25) is 0 Å². The highest BCUT2D eigenvalue weighted by molar-refractivity contribution is 6.00. The fourth-order valence-electron chi connectivity index (χ4n) is 1.12. The SMILES string of the molecule is Cc1nc(C)c(C(=O)O)c(C(=O)O)n1. The number of aromatic carboxylic acids is 2. The first-order valence-electron chi connectivity index (χ1n) is 3.75. The third-order valence-electron chi connectivity index (χ3n) is 1.62. The van der Waals surface area contributed by atoms with Crippen molar-refractivity contribution in [3.05, 3.63) is 22.8 Å². The van der Waals surface area contributed by atoms with Crippen molar-refractivity contribution in [1.82, 2.24) is 9.97 Å². The van der Waals surface area contributed by atoms with Crippen molar-refractivity contribution in [2.75, 3.05) is 0 Å². The lowest BCUT2D eigenvalue weighted by atomic mass is 10.1. The van der Waals surface area contributed by atoms with E-state index in [0.29, 0.717) is 0 Å². The van der Waals surface area contributed by atoms with Gasteiger partial charge in [-0.05, 0) is 13.8 Å². The normalized spacial score (nSPS) is 9.86. The number of carboxylic acids is 2. The predicted molar refractivity (Wildman–Crippen MR) is 45.4 cm³/mol. The quantitative estimate of drug-likeness (QED) is 0.713. The minimum atomic E-state index is -1.36. The molecule has 0 saturated carbocycles. The number of carboxylic acid groups (broad SMARTS) is 2. The van der Waals surface area contributed by atoms with Gasteiger partial charge in [0, 0.05) is 0 Å². The van der Waals surface area contributed by atoms with E-state index in [1.54, 1.807) is 0 Å². The highest BCUT2D eigenvalue weighted by Gasteiger charge is 2.21. The second-order valence-electron chi connectivity index (χ2n) is 2.69. The van der Waals surface area contributed by atoms with E-state index in [2.05, 4.69) is 9.97 Å². The van der Waals surface area contributed by atoms with E-state index >= 15 is 0 Å². The number of rotatable bonds is 2. The van der Waals surface area contributed by atoms with Crippen LogP contribution in [-0.2, 0) is 0 Å². The zero-order valence-corrected chi connectivity index (χ0v) is 7.61. The molecule has 0 aliphatic rings. The molecule has 14 heavy (non-hydrogen) atoms. The van der Waals surface area contributed by atoms with Gasteiger partial charge >= 0.3 is 11.9 Å². The molecule has 0 unspecified atom stereocenters. The summed E-state index contributed by atoms with van der Waals surface area (Å²) >= 11 is 0. The molecule has 0 saturated heterocycles. The highest BCUT2D eigenvalue weighted by Crippen LogP contribution is 2.10. The van der Waals surface area contributed by atoms with Gasteiger partial charge in [-0.1, -0.05) is 0 Å². The molecule has 1 aromatic rings. The number of aromatic nitrogens is 2. The summed E-state index contributed by atoms with van der Waals surface area (Å²) in [6.45, 7) is 2.94. The second-order valence-corrected chi connectivity index (χ2v) is 2.69. The molecule has 74 valence electrons. The highest BCUT2D eigenvalue weighted by atomic mass is 16.4. The summed E-state index contributed by atoms with van der Waals surface area (Å²) in [6, 6.07) is 0. The third kappa shape index (κ3) is 1.68. The van der Waals surface area contributed by atoms with Gasteiger partial charge in [-0.25, -0.2) is 19.6 Å². The van der Waals surface area contributed by atoms with Gasteiger partial charge in [-0.3, -0.25) is 0 Å². The second kappa shape index (κ2) is 3.41. The lowest BCUT2D eigenvalue weighted by Gasteiger charge is -2.04. The monoisotopic (exact) mass is 196 g/mol. The van der Waals surface area contributed by atoms with Crippen LogP contribution in [0.5, 0.6) is 0 Å². The average Bonchev–Trinajstić information content (AvgIpc) is 2.01. The lowest BCUT2D eigenvalue weighted by molar-refractivity contribution is 0.0644. The first-order chi connectivity index (χ1) is 6.43. The van der Waals surface area contributed by atoms with E-state index in [1.807, 2.05) is 0 Å². The topological polar surface area (TPSA) is 100 Å². The average molecular weight is 196 g/mol. The first-order valence-corrected chi connectivity index (χ1v) is 3.75. The Hall–Kier alpha value is -1.98. The molecule has 2 N–H and O–H groups in total. The van der Waals surface area contributed by atoms with Crippen LogP contribution >= 0.6 is 0 Å². The Morgan fingerprint density at radius 2 is 1.64 bits per heavy atom. The van der Waals surface area contributed by atoms with E-state index in [-0.39, 0.29) is 17.1 Å². The van der Waals surface area contributed by atoms with E-state index in [1.165, 1.54) is 13.8 Å². The van der Waals surface area contributed by atoms with Gasteiger partial charge in [-0.15, -0.1) is 0 Å². The summed E-state index contributed by atoms with van der Waals surface area (Å²) in [4.78, 5) is 28.7. The summed E-state index contributed by atoms with van der Waals surface area (Å²) in [6.07, 6.45) is 0. The lowest BCUT2D eigenvalue weighted by Crippen LogP contribution is -2.15. The number of hydrogen-bond donors (Lipinski definition) is 2. The maximum atomic E-state index is 10.7. The van der Waals surface area contributed by atoms with Crippen LogP contribution < -0.4 is 0 Å². The molecule has 1 rings (SSSR count). The molecule has 6 nitrogen and oxygen atoms in total. The van der Waals surface area contributed by atoms with Gasteiger partial charge in [-0.2, -0.15) is 0 Å². The molecule has 0 spiro atoms. The van der Waals surface area contributed by atoms with Crippen LogP contribution in [0.3, 0.4) is 0 Å². The van der Waals surface area contributed by atoms with Crippen LogP contribution in [0, 0.1) is 13.8 Å². The predicted octanol–water partition coefficient (Wildman–Crippen LogP) is 0.490. The smallest absolute Gasteiger partial charge is 0.355 e. The van der Waals surface area contributed by atoms with E-state index in [9.17, 15) is 9.59 Å². The van der Waals surface area contributed by atoms with Crippen LogP contribution in [0.2, 0.25) is 0 Å². The molecule has 0 atom stereocenters. The van der Waals surface area contributed by atoms with Gasteiger partial charge in [0.1, 0.15) is 11.4 Å². The molecule has 0 amide bonds. The largest absolute Gasteiger partial charge is 0.478 e. The molecular weight excluding hydrogens is 188 g/mol. The zero-order chi connectivity index (χ0) is 10.9. The summed E-state index contributed by atoms with van der Waals surface area (Å²) in [5.41, 5.74) is -0.673. The molecular formula is C8H8N2O4. The Bertz CT molecular complexity index is 414. The number of carbonyl (C=O) groups is 2. The van der Waals surface area contributed by atoms with Crippen LogP contribution in [0.15, 0.2) is 0 Å². The standard InChI is InChI=1S/C8H8N2O4/c1-3-5(7(11)12)6(8(13)14)10-4(2)9-3/h1-2H3,(H,11,12)(H,13,14). The molecule has 0 bridgehead atoms. The van der Waals surface area contributed by atoms with Crippen LogP contribution in [0.4, 0.5) is 0 Å². The van der Waals surface area contributed by atoms with Crippen molar-refractivity contribution in [2.24, 2.45) is 0 Å². The molecule has 0 aromatic carbocycles. The first kappa shape index (κ1) is 10.1. The Morgan fingerprint density at radius 1 is 1.07 bits per heavy atom. The Labute approximate surface area is 79.2 Å². The summed E-state index contributed by atoms with van der Waals surface area (Å²) in [5, 5.41) is 17.5. The maximum Gasteiger partial charge on any atom is 0.355 e. The minimum Gasteiger partial charge on any atom is -0.478 e. The van der Waals surface area contributed by atoms with E-state index < -0.39 is 17.6 Å². The molecule has 1 heterocycles. The maximum absolute atomic E-state index is 10.7. The van der Waals surface area contributed by atoms with Gasteiger partial charge in [0.05, 0.1) is 5.69 Å². The van der Waals surface area contributed by atoms with E-state index in [4.69, 9.17) is 10.2 Å². The molecule has 0 aliphatic carbocycles. The van der Waals surface area contributed by atoms with Crippen LogP contribution in [0.25, 0.3) is 0 Å². The summed E-state index contributed by atoms with van der Waals surface area (Å²) in [7, 11) is 0. The van der Waals surface area contributed by atoms with Crippen molar-refractivity contribution in [1.29, 1.82) is 0 Å². The Kier molecular flexibility index (Phi) is 2.46. The minimum absolute atomic E-state index is 0.155. The van der Waals surface area contributed by atoms with Crippen molar-refractivity contribution < 1.29 is 19.8 Å². The summed E-state index contributed by atoms with van der Waals surface area (Å²) in [5.74, 6) is -2.46. The fraction of sp³-hybridized carbons (Fsp3) is 0.250. The van der Waals surface area contributed by atoms with Gasteiger partial charge < -0.3 is 10.2 Å². The summed E-state index contributed by atoms with van der Waals surface area (Å²) < 4.78 is 0. The zero-order valence-electron chi connectivity index (χ0n) is 7.61. The van der Waals surface area contributed by atoms with Crippen molar-refractivity contribution in [2.45, 2.75) is 13.8 Å². The Morgan fingerprint density at radius 3 is 2.07 bits per heavy atom. The van der Waals surface area contributed by atoms with Crippen LogP contribution in [0.1, 0.15) is 32.4 Å². The number of nitrogens with zero attached hydrogens (tertiary/aromatic N) is 2.